The van der Waals surface area contributed by atoms with E-state index < -0.39 is 5.60 Å². The first kappa shape index (κ1) is 13.8. The van der Waals surface area contributed by atoms with Crippen molar-refractivity contribution < 1.29 is 9.50 Å². The minimum Gasteiger partial charge on any atom is -0.378 e. The molecule has 21 heavy (non-hydrogen) atoms. The van der Waals surface area contributed by atoms with Gasteiger partial charge in [-0.1, -0.05) is 12.1 Å². The van der Waals surface area contributed by atoms with E-state index in [0.717, 1.165) is 5.56 Å². The number of nitrogens with zero attached hydrogens (tertiary/aromatic N) is 3. The zero-order valence-electron chi connectivity index (χ0n) is 11.2. The first-order chi connectivity index (χ1) is 10.1. The number of benzene rings is 1. The van der Waals surface area contributed by atoms with Crippen molar-refractivity contribution in [1.29, 1.82) is 0 Å². The van der Waals surface area contributed by atoms with Crippen LogP contribution in [0.5, 0.6) is 0 Å². The molecule has 0 bridgehead atoms. The zero-order valence-corrected chi connectivity index (χ0v) is 12.0. The lowest BCUT2D eigenvalue weighted by molar-refractivity contribution is 0.102. The van der Waals surface area contributed by atoms with E-state index >= 15 is 0 Å². The number of hydrogen-bond donors (Lipinski definition) is 1. The van der Waals surface area contributed by atoms with E-state index in [-0.39, 0.29) is 5.82 Å². The Morgan fingerprint density at radius 2 is 2.00 bits per heavy atom. The lowest BCUT2D eigenvalue weighted by atomic mass is 9.97. The Balaban J connectivity index is 1.99. The third kappa shape index (κ3) is 2.68. The van der Waals surface area contributed by atoms with Gasteiger partial charge in [-0.3, -0.25) is 0 Å². The molecule has 4 nitrogen and oxygen atoms in total. The summed E-state index contributed by atoms with van der Waals surface area (Å²) in [6.07, 6.45) is 4.76. The highest BCUT2D eigenvalue weighted by molar-refractivity contribution is 7.10. The van der Waals surface area contributed by atoms with Crippen LogP contribution in [0.4, 0.5) is 4.39 Å². The number of aliphatic hydroxyl groups is 1. The maximum absolute atomic E-state index is 13.3. The molecular weight excluding hydrogens is 289 g/mol. The zero-order chi connectivity index (χ0) is 14.9. The van der Waals surface area contributed by atoms with Gasteiger partial charge in [0.15, 0.2) is 0 Å². The summed E-state index contributed by atoms with van der Waals surface area (Å²) in [5, 5.41) is 13.0. The molecule has 106 valence electrons. The Bertz CT molecular complexity index is 758. The molecule has 0 spiro atoms. The van der Waals surface area contributed by atoms with Crippen molar-refractivity contribution >= 4 is 11.3 Å². The summed E-state index contributed by atoms with van der Waals surface area (Å²) in [5.74, 6) is -0.388. The van der Waals surface area contributed by atoms with Crippen molar-refractivity contribution in [3.63, 3.8) is 0 Å². The maximum Gasteiger partial charge on any atom is 0.138 e. The molecule has 0 aliphatic carbocycles. The number of hydrogen-bond acceptors (Lipinski definition) is 5. The Morgan fingerprint density at radius 3 is 2.71 bits per heavy atom. The molecular formula is C15H12FN3OS. The third-order valence-electron chi connectivity index (χ3n) is 3.16. The quantitative estimate of drug-likeness (QED) is 0.808. The summed E-state index contributed by atoms with van der Waals surface area (Å²) in [5.41, 5.74) is 0.579. The Hall–Kier alpha value is -2.18. The van der Waals surface area contributed by atoms with Crippen LogP contribution in [0.15, 0.2) is 48.4 Å². The second-order valence-electron chi connectivity index (χ2n) is 4.75. The molecule has 3 aromatic rings. The predicted molar refractivity (Wildman–Crippen MR) is 78.2 cm³/mol. The van der Waals surface area contributed by atoms with Crippen molar-refractivity contribution in [2.45, 2.75) is 12.5 Å². The highest BCUT2D eigenvalue weighted by Gasteiger charge is 2.29. The van der Waals surface area contributed by atoms with Crippen LogP contribution in [0, 0.1) is 5.82 Å². The first-order valence-electron chi connectivity index (χ1n) is 6.27. The van der Waals surface area contributed by atoms with Gasteiger partial charge in [0.05, 0.1) is 5.69 Å². The Labute approximate surface area is 125 Å². The predicted octanol–water partition coefficient (Wildman–Crippen LogP) is 3.00. The van der Waals surface area contributed by atoms with Gasteiger partial charge in [0.1, 0.15) is 22.8 Å². The molecule has 0 saturated carbocycles. The van der Waals surface area contributed by atoms with Gasteiger partial charge in [0, 0.05) is 23.3 Å². The summed E-state index contributed by atoms with van der Waals surface area (Å²) in [7, 11) is 0. The van der Waals surface area contributed by atoms with Gasteiger partial charge in [-0.25, -0.2) is 19.3 Å². The van der Waals surface area contributed by atoms with E-state index in [1.165, 1.54) is 29.8 Å². The minimum atomic E-state index is -1.35. The second kappa shape index (κ2) is 5.31. The van der Waals surface area contributed by atoms with Crippen LogP contribution in [0.3, 0.4) is 0 Å². The minimum absolute atomic E-state index is 0.388. The van der Waals surface area contributed by atoms with Gasteiger partial charge in [-0.05, 0) is 24.6 Å². The normalized spacial score (nSPS) is 13.9. The van der Waals surface area contributed by atoms with Crippen molar-refractivity contribution in [3.05, 3.63) is 64.8 Å². The number of halogens is 1. The molecule has 1 unspecified atom stereocenters. The highest BCUT2D eigenvalue weighted by atomic mass is 32.1. The van der Waals surface area contributed by atoms with E-state index in [1.54, 1.807) is 31.5 Å². The van der Waals surface area contributed by atoms with E-state index in [1.807, 2.05) is 5.38 Å². The molecule has 0 aliphatic rings. The van der Waals surface area contributed by atoms with Crippen LogP contribution in [-0.4, -0.2) is 20.1 Å². The molecule has 0 saturated heterocycles. The summed E-state index contributed by atoms with van der Waals surface area (Å²) >= 11 is 1.31. The van der Waals surface area contributed by atoms with Crippen LogP contribution in [-0.2, 0) is 5.60 Å². The molecule has 0 aliphatic heterocycles. The van der Waals surface area contributed by atoms with Gasteiger partial charge in [0.25, 0.3) is 0 Å². The SMILES string of the molecule is CC(O)(c1cccc(F)c1)c1nc(-c2cncnc2)cs1. The standard InChI is InChI=1S/C15H12FN3OS/c1-15(20,11-3-2-4-12(16)5-11)14-19-13(8-21-14)10-6-17-9-18-7-10/h2-9,20H,1H3. The summed E-state index contributed by atoms with van der Waals surface area (Å²) in [6, 6.07) is 5.90. The molecule has 1 aromatic carbocycles. The van der Waals surface area contributed by atoms with E-state index in [9.17, 15) is 9.50 Å². The van der Waals surface area contributed by atoms with Crippen LogP contribution in [0.2, 0.25) is 0 Å². The fourth-order valence-corrected chi connectivity index (χ4v) is 2.89. The van der Waals surface area contributed by atoms with Crippen molar-refractivity contribution in [2.24, 2.45) is 0 Å². The Morgan fingerprint density at radius 1 is 1.24 bits per heavy atom. The van der Waals surface area contributed by atoms with Gasteiger partial charge < -0.3 is 5.11 Å². The molecule has 2 aromatic heterocycles. The first-order valence-corrected chi connectivity index (χ1v) is 7.15. The van der Waals surface area contributed by atoms with E-state index in [0.29, 0.717) is 16.3 Å². The third-order valence-corrected chi connectivity index (χ3v) is 4.22. The largest absolute Gasteiger partial charge is 0.378 e. The fourth-order valence-electron chi connectivity index (χ4n) is 1.98. The summed E-state index contributed by atoms with van der Waals surface area (Å²) in [4.78, 5) is 12.3. The topological polar surface area (TPSA) is 58.9 Å². The number of thiazole rings is 1. The average molecular weight is 301 g/mol. The molecule has 0 radical (unpaired) electrons. The van der Waals surface area contributed by atoms with Gasteiger partial charge in [-0.2, -0.15) is 0 Å². The average Bonchev–Trinajstić information content (AvgIpc) is 2.99. The van der Waals surface area contributed by atoms with Crippen LogP contribution >= 0.6 is 11.3 Å². The monoisotopic (exact) mass is 301 g/mol. The lowest BCUT2D eigenvalue weighted by Crippen LogP contribution is -2.22. The molecule has 1 N–H and O–H groups in total. The molecule has 6 heteroatoms. The van der Waals surface area contributed by atoms with Gasteiger partial charge in [0.2, 0.25) is 0 Å². The highest BCUT2D eigenvalue weighted by Crippen LogP contribution is 2.33. The second-order valence-corrected chi connectivity index (χ2v) is 5.61. The number of aromatic nitrogens is 3. The summed E-state index contributed by atoms with van der Waals surface area (Å²) in [6.45, 7) is 1.60. The molecule has 2 heterocycles. The van der Waals surface area contributed by atoms with Crippen molar-refractivity contribution in [2.75, 3.05) is 0 Å². The molecule has 3 rings (SSSR count). The van der Waals surface area contributed by atoms with Gasteiger partial charge >= 0.3 is 0 Å². The van der Waals surface area contributed by atoms with Crippen molar-refractivity contribution in [1.82, 2.24) is 15.0 Å². The fraction of sp³-hybridized carbons (Fsp3) is 0.133. The molecule has 1 atom stereocenters. The maximum atomic E-state index is 13.3. The van der Waals surface area contributed by atoms with E-state index in [4.69, 9.17) is 0 Å². The van der Waals surface area contributed by atoms with Crippen LogP contribution in [0.1, 0.15) is 17.5 Å². The summed E-state index contributed by atoms with van der Waals surface area (Å²) < 4.78 is 13.3. The smallest absolute Gasteiger partial charge is 0.138 e. The van der Waals surface area contributed by atoms with Crippen molar-refractivity contribution in [3.8, 4) is 11.3 Å². The van der Waals surface area contributed by atoms with E-state index in [2.05, 4.69) is 15.0 Å². The Kier molecular flexibility index (Phi) is 3.48. The lowest BCUT2D eigenvalue weighted by Gasteiger charge is -2.21. The molecule has 0 fully saturated rings. The van der Waals surface area contributed by atoms with Gasteiger partial charge in [-0.15, -0.1) is 11.3 Å². The van der Waals surface area contributed by atoms with Crippen LogP contribution in [0.25, 0.3) is 11.3 Å². The van der Waals surface area contributed by atoms with Crippen LogP contribution < -0.4 is 0 Å². The molecule has 0 amide bonds. The number of rotatable bonds is 3.